The quantitative estimate of drug-likeness (QED) is 0.886. The second-order valence-electron chi connectivity index (χ2n) is 5.82. The molecular weight excluding hydrogens is 324 g/mol. The van der Waals surface area contributed by atoms with Crippen LogP contribution < -0.4 is 5.32 Å². The van der Waals surface area contributed by atoms with Crippen molar-refractivity contribution >= 4 is 32.9 Å². The van der Waals surface area contributed by atoms with Crippen molar-refractivity contribution in [3.8, 4) is 0 Å². The molecule has 24 heavy (non-hydrogen) atoms. The summed E-state index contributed by atoms with van der Waals surface area (Å²) in [6.45, 7) is 1.52. The van der Waals surface area contributed by atoms with Crippen molar-refractivity contribution in [1.29, 1.82) is 0 Å². The van der Waals surface area contributed by atoms with Gasteiger partial charge in [-0.1, -0.05) is 55.7 Å². The Morgan fingerprint density at radius 1 is 1.04 bits per heavy atom. The molecule has 0 spiro atoms. The predicted molar refractivity (Wildman–Crippen MR) is 96.5 cm³/mol. The van der Waals surface area contributed by atoms with Crippen molar-refractivity contribution in [2.45, 2.75) is 45.1 Å². The van der Waals surface area contributed by atoms with E-state index >= 15 is 0 Å². The zero-order chi connectivity index (χ0) is 17.4. The highest BCUT2D eigenvalue weighted by Gasteiger charge is 2.11. The van der Waals surface area contributed by atoms with Crippen LogP contribution in [0.15, 0.2) is 46.8 Å². The molecule has 0 aromatic heterocycles. The molecule has 1 fully saturated rings. The largest absolute Gasteiger partial charge is 0.326 e. The first-order valence-electron chi connectivity index (χ1n) is 8.12. The molecule has 128 valence electrons. The first-order valence-corrected chi connectivity index (χ1v) is 9.15. The molecule has 5 nitrogen and oxygen atoms in total. The lowest BCUT2D eigenvalue weighted by molar-refractivity contribution is -0.114. The SMILES string of the molecule is CC(=O)Nc1cccc2ccccc12.O=S(=O)=NC1CCCCC1. The van der Waals surface area contributed by atoms with E-state index in [2.05, 4.69) is 9.68 Å². The Labute approximate surface area is 143 Å². The standard InChI is InChI=1S/C12H11NO.C6H11NO2S/c1-9(14)13-12-8-4-6-10-5-2-3-7-11(10)12;8-10(9)7-6-4-2-1-3-5-6/h2-8H,1H3,(H,13,14);6H,1-5H2. The van der Waals surface area contributed by atoms with Crippen molar-refractivity contribution in [2.75, 3.05) is 5.32 Å². The highest BCUT2D eigenvalue weighted by Crippen LogP contribution is 2.22. The maximum absolute atomic E-state index is 10.9. The number of hydrogen-bond donors (Lipinski definition) is 1. The van der Waals surface area contributed by atoms with Gasteiger partial charge in [-0.15, -0.1) is 0 Å². The number of carbonyl (C=O) groups is 1. The number of nitrogens with one attached hydrogen (secondary N) is 1. The van der Waals surface area contributed by atoms with Crippen molar-refractivity contribution < 1.29 is 13.2 Å². The summed E-state index contributed by atoms with van der Waals surface area (Å²) in [5, 5.41) is 5.02. The molecule has 0 atom stereocenters. The molecule has 0 radical (unpaired) electrons. The van der Waals surface area contributed by atoms with E-state index in [4.69, 9.17) is 0 Å². The maximum Gasteiger partial charge on any atom is 0.311 e. The van der Waals surface area contributed by atoms with Gasteiger partial charge in [0.05, 0.1) is 6.04 Å². The molecule has 0 unspecified atom stereocenters. The Balaban J connectivity index is 0.000000185. The van der Waals surface area contributed by atoms with Gasteiger partial charge in [-0.3, -0.25) is 4.79 Å². The fraction of sp³-hybridized carbons (Fsp3) is 0.389. The van der Waals surface area contributed by atoms with Gasteiger partial charge in [0.1, 0.15) is 0 Å². The van der Waals surface area contributed by atoms with E-state index < -0.39 is 10.5 Å². The molecule has 0 heterocycles. The second kappa shape index (κ2) is 9.17. The van der Waals surface area contributed by atoms with Crippen molar-refractivity contribution in [3.63, 3.8) is 0 Å². The van der Waals surface area contributed by atoms with Crippen molar-refractivity contribution in [3.05, 3.63) is 42.5 Å². The fourth-order valence-electron chi connectivity index (χ4n) is 2.83. The minimum absolute atomic E-state index is 0.0404. The predicted octanol–water partition coefficient (Wildman–Crippen LogP) is 4.18. The summed E-state index contributed by atoms with van der Waals surface area (Å²) >= 11 is 0. The van der Waals surface area contributed by atoms with Gasteiger partial charge in [0, 0.05) is 18.0 Å². The number of amides is 1. The maximum atomic E-state index is 10.9. The molecule has 2 aromatic rings. The number of nitrogens with zero attached hydrogens (tertiary/aromatic N) is 1. The van der Waals surface area contributed by atoms with Crippen molar-refractivity contribution in [1.82, 2.24) is 0 Å². The Bertz CT molecular complexity index is 812. The number of rotatable bonds is 2. The summed E-state index contributed by atoms with van der Waals surface area (Å²) in [5.41, 5.74) is 0.871. The van der Waals surface area contributed by atoms with Gasteiger partial charge in [0.2, 0.25) is 5.91 Å². The van der Waals surface area contributed by atoms with Gasteiger partial charge in [0.15, 0.2) is 0 Å². The summed E-state index contributed by atoms with van der Waals surface area (Å²) in [6.07, 6.45) is 5.40. The second-order valence-corrected chi connectivity index (χ2v) is 6.47. The molecule has 1 saturated carbocycles. The molecule has 2 aromatic carbocycles. The van der Waals surface area contributed by atoms with Gasteiger partial charge in [-0.25, -0.2) is 0 Å². The summed E-state index contributed by atoms with van der Waals surface area (Å²) in [4.78, 5) is 10.9. The molecule has 1 aliphatic rings. The van der Waals surface area contributed by atoms with E-state index in [9.17, 15) is 13.2 Å². The lowest BCUT2D eigenvalue weighted by Gasteiger charge is -2.14. The van der Waals surface area contributed by atoms with Gasteiger partial charge < -0.3 is 5.32 Å². The summed E-state index contributed by atoms with van der Waals surface area (Å²) < 4.78 is 23.8. The Hall–Kier alpha value is -2.21. The van der Waals surface area contributed by atoms with Gasteiger partial charge in [-0.05, 0) is 24.3 Å². The van der Waals surface area contributed by atoms with Gasteiger partial charge >= 0.3 is 10.5 Å². The summed E-state index contributed by atoms with van der Waals surface area (Å²) in [5.74, 6) is -0.0404. The molecule has 1 aliphatic carbocycles. The highest BCUT2D eigenvalue weighted by molar-refractivity contribution is 7.61. The summed E-state index contributed by atoms with van der Waals surface area (Å²) in [7, 11) is -2.19. The van der Waals surface area contributed by atoms with Crippen LogP contribution in [-0.2, 0) is 15.3 Å². The Morgan fingerprint density at radius 3 is 2.38 bits per heavy atom. The monoisotopic (exact) mass is 346 g/mol. The first-order chi connectivity index (χ1) is 11.6. The van der Waals surface area contributed by atoms with Crippen LogP contribution >= 0.6 is 0 Å². The molecule has 1 amide bonds. The minimum atomic E-state index is -2.19. The number of anilines is 1. The van der Waals surface area contributed by atoms with Crippen LogP contribution in [0.2, 0.25) is 0 Å². The Kier molecular flexibility index (Phi) is 6.93. The van der Waals surface area contributed by atoms with Crippen LogP contribution in [0.4, 0.5) is 5.69 Å². The molecule has 6 heteroatoms. The lowest BCUT2D eigenvalue weighted by atomic mass is 9.97. The zero-order valence-electron chi connectivity index (χ0n) is 13.7. The van der Waals surface area contributed by atoms with E-state index in [1.807, 2.05) is 42.5 Å². The normalized spacial score (nSPS) is 14.4. The lowest BCUT2D eigenvalue weighted by Crippen LogP contribution is -2.08. The van der Waals surface area contributed by atoms with Crippen LogP contribution in [0, 0.1) is 0 Å². The van der Waals surface area contributed by atoms with Crippen LogP contribution in [0.1, 0.15) is 39.0 Å². The summed E-state index contributed by atoms with van der Waals surface area (Å²) in [6, 6.07) is 13.9. The topological polar surface area (TPSA) is 75.6 Å². The van der Waals surface area contributed by atoms with Gasteiger partial charge in [-0.2, -0.15) is 12.8 Å². The third kappa shape index (κ3) is 5.77. The average Bonchev–Trinajstić information content (AvgIpc) is 2.56. The van der Waals surface area contributed by atoms with E-state index in [-0.39, 0.29) is 11.9 Å². The third-order valence-corrected chi connectivity index (χ3v) is 4.38. The molecule has 1 N–H and O–H groups in total. The number of carbonyl (C=O) groups excluding carboxylic acids is 1. The van der Waals surface area contributed by atoms with Gasteiger partial charge in [0.25, 0.3) is 0 Å². The van der Waals surface area contributed by atoms with Crippen LogP contribution in [-0.4, -0.2) is 20.4 Å². The minimum Gasteiger partial charge on any atom is -0.326 e. The van der Waals surface area contributed by atoms with Crippen LogP contribution in [0.25, 0.3) is 10.8 Å². The number of benzene rings is 2. The molecule has 3 rings (SSSR count). The third-order valence-electron chi connectivity index (χ3n) is 3.91. The molecule has 0 bridgehead atoms. The molecule has 0 aliphatic heterocycles. The van der Waals surface area contributed by atoms with E-state index in [0.717, 1.165) is 42.1 Å². The number of hydrogen-bond acceptors (Lipinski definition) is 4. The van der Waals surface area contributed by atoms with Crippen LogP contribution in [0.3, 0.4) is 0 Å². The molecular formula is C18H22N2O3S. The van der Waals surface area contributed by atoms with E-state index in [0.29, 0.717) is 0 Å². The van der Waals surface area contributed by atoms with Crippen molar-refractivity contribution in [2.24, 2.45) is 4.36 Å². The first kappa shape index (κ1) is 18.1. The van der Waals surface area contributed by atoms with Crippen LogP contribution in [0.5, 0.6) is 0 Å². The average molecular weight is 346 g/mol. The zero-order valence-corrected chi connectivity index (χ0v) is 14.6. The number of fused-ring (bicyclic) bond motifs is 1. The van der Waals surface area contributed by atoms with E-state index in [1.54, 1.807) is 0 Å². The Morgan fingerprint density at radius 2 is 1.71 bits per heavy atom. The fourth-order valence-corrected chi connectivity index (χ4v) is 3.29. The highest BCUT2D eigenvalue weighted by atomic mass is 32.2. The smallest absolute Gasteiger partial charge is 0.311 e. The molecule has 0 saturated heterocycles. The van der Waals surface area contributed by atoms with E-state index in [1.165, 1.54) is 13.3 Å².